The van der Waals surface area contributed by atoms with Gasteiger partial charge in [-0.1, -0.05) is 6.42 Å². The van der Waals surface area contributed by atoms with Crippen molar-refractivity contribution in [3.8, 4) is 0 Å². The Morgan fingerprint density at radius 2 is 1.81 bits per heavy atom. The lowest BCUT2D eigenvalue weighted by Gasteiger charge is -2.31. The first-order chi connectivity index (χ1) is 10.2. The maximum Gasteiger partial charge on any atom is 0.246 e. The summed E-state index contributed by atoms with van der Waals surface area (Å²) in [6, 6.07) is -0.181. The molecule has 4 nitrogen and oxygen atoms in total. The third-order valence-corrected chi connectivity index (χ3v) is 6.94. The molecule has 116 valence electrons. The van der Waals surface area contributed by atoms with Crippen molar-refractivity contribution >= 4 is 23.6 Å². The number of rotatable bonds is 2. The highest BCUT2D eigenvalue weighted by molar-refractivity contribution is 7.99. The molecule has 2 amide bonds. The van der Waals surface area contributed by atoms with E-state index in [4.69, 9.17) is 0 Å². The summed E-state index contributed by atoms with van der Waals surface area (Å²) in [4.78, 5) is 29.4. The van der Waals surface area contributed by atoms with Crippen molar-refractivity contribution in [2.45, 2.75) is 44.6 Å². The monoisotopic (exact) mass is 308 g/mol. The molecule has 4 fully saturated rings. The van der Waals surface area contributed by atoms with Crippen LogP contribution in [0.25, 0.3) is 0 Å². The number of nitrogens with zero attached hydrogens (tertiary/aromatic N) is 2. The van der Waals surface area contributed by atoms with Crippen LogP contribution in [0.4, 0.5) is 0 Å². The molecular formula is C16H24N2O2S. The highest BCUT2D eigenvalue weighted by atomic mass is 32.2. The maximum absolute atomic E-state index is 12.9. The quantitative estimate of drug-likeness (QED) is 0.783. The van der Waals surface area contributed by atoms with Gasteiger partial charge in [0.05, 0.1) is 5.88 Å². The third kappa shape index (κ3) is 2.37. The molecule has 0 N–H and O–H groups in total. The van der Waals surface area contributed by atoms with Crippen LogP contribution in [0, 0.1) is 17.8 Å². The fourth-order valence-corrected chi connectivity index (χ4v) is 5.93. The van der Waals surface area contributed by atoms with E-state index < -0.39 is 0 Å². The first-order valence-electron chi connectivity index (χ1n) is 8.41. The molecule has 4 atom stereocenters. The van der Waals surface area contributed by atoms with Gasteiger partial charge in [-0.2, -0.15) is 0 Å². The van der Waals surface area contributed by atoms with Crippen LogP contribution in [0.5, 0.6) is 0 Å². The second kappa shape index (κ2) is 5.49. The summed E-state index contributed by atoms with van der Waals surface area (Å²) in [6.07, 6.45) is 7.11. The molecule has 5 heteroatoms. The Bertz CT molecular complexity index is 450. The van der Waals surface area contributed by atoms with Gasteiger partial charge in [0, 0.05) is 24.8 Å². The van der Waals surface area contributed by atoms with Gasteiger partial charge in [0.2, 0.25) is 11.8 Å². The van der Waals surface area contributed by atoms with E-state index in [1.54, 1.807) is 11.8 Å². The number of carbonyl (C=O) groups excluding carboxylic acids is 2. The van der Waals surface area contributed by atoms with Crippen molar-refractivity contribution < 1.29 is 9.59 Å². The molecule has 4 rings (SSSR count). The number of hydrogen-bond donors (Lipinski definition) is 0. The number of fused-ring (bicyclic) bond motifs is 2. The number of carbonyl (C=O) groups is 2. The second-order valence-corrected chi connectivity index (χ2v) is 8.14. The van der Waals surface area contributed by atoms with Gasteiger partial charge in [-0.3, -0.25) is 9.59 Å². The van der Waals surface area contributed by atoms with Crippen molar-refractivity contribution in [2.75, 3.05) is 24.7 Å². The smallest absolute Gasteiger partial charge is 0.246 e. The van der Waals surface area contributed by atoms with Crippen molar-refractivity contribution in [3.63, 3.8) is 0 Å². The SMILES string of the molecule is O=C([C@H]1CSCN1C(=O)[C@@H]1C[C@H]2CC[C@H]1C2)N1CCCC1. The standard InChI is InChI=1S/C16H24N2O2S/c19-15(13-8-11-3-4-12(13)7-11)18-10-21-9-14(18)16(20)17-5-1-2-6-17/h11-14H,1-10H2/t11-,12-,13+,14+/m0/s1. The molecule has 21 heavy (non-hydrogen) atoms. The fourth-order valence-electron chi connectivity index (χ4n) is 4.77. The molecule has 2 heterocycles. The Labute approximate surface area is 130 Å². The normalized spacial score (nSPS) is 38.5. The lowest BCUT2D eigenvalue weighted by Crippen LogP contribution is -2.50. The summed E-state index contributed by atoms with van der Waals surface area (Å²) in [5.41, 5.74) is 0. The largest absolute Gasteiger partial charge is 0.341 e. The minimum atomic E-state index is -0.181. The molecule has 0 unspecified atom stereocenters. The lowest BCUT2D eigenvalue weighted by molar-refractivity contribution is -0.146. The van der Waals surface area contributed by atoms with Crippen molar-refractivity contribution in [1.82, 2.24) is 9.80 Å². The van der Waals surface area contributed by atoms with Crippen LogP contribution in [0.1, 0.15) is 38.5 Å². The molecule has 2 saturated carbocycles. The molecule has 2 aliphatic heterocycles. The van der Waals surface area contributed by atoms with Gasteiger partial charge >= 0.3 is 0 Å². The summed E-state index contributed by atoms with van der Waals surface area (Å²) >= 11 is 1.74. The predicted octanol–water partition coefficient (Wildman–Crippen LogP) is 1.95. The fraction of sp³-hybridized carbons (Fsp3) is 0.875. The summed E-state index contributed by atoms with van der Waals surface area (Å²) in [6.45, 7) is 1.77. The van der Waals surface area contributed by atoms with Gasteiger partial charge in [-0.25, -0.2) is 0 Å². The van der Waals surface area contributed by atoms with E-state index >= 15 is 0 Å². The molecule has 0 radical (unpaired) electrons. The highest BCUT2D eigenvalue weighted by Crippen LogP contribution is 2.49. The van der Waals surface area contributed by atoms with Crippen LogP contribution in [0.2, 0.25) is 0 Å². The van der Waals surface area contributed by atoms with E-state index in [2.05, 4.69) is 0 Å². The second-order valence-electron chi connectivity index (χ2n) is 7.14. The summed E-state index contributed by atoms with van der Waals surface area (Å²) in [5, 5.41) is 0. The highest BCUT2D eigenvalue weighted by Gasteiger charge is 2.47. The Morgan fingerprint density at radius 3 is 2.48 bits per heavy atom. The van der Waals surface area contributed by atoms with Gasteiger partial charge < -0.3 is 9.80 Å². The molecular weight excluding hydrogens is 284 g/mol. The van der Waals surface area contributed by atoms with Gasteiger partial charge in [0.1, 0.15) is 6.04 Å². The van der Waals surface area contributed by atoms with E-state index in [0.717, 1.165) is 49.9 Å². The van der Waals surface area contributed by atoms with E-state index in [1.165, 1.54) is 19.3 Å². The topological polar surface area (TPSA) is 40.6 Å². The van der Waals surface area contributed by atoms with Crippen molar-refractivity contribution in [3.05, 3.63) is 0 Å². The molecule has 2 saturated heterocycles. The van der Waals surface area contributed by atoms with Crippen molar-refractivity contribution in [1.29, 1.82) is 0 Å². The van der Waals surface area contributed by atoms with Gasteiger partial charge in [-0.05, 0) is 43.9 Å². The van der Waals surface area contributed by atoms with E-state index in [0.29, 0.717) is 5.92 Å². The third-order valence-electron chi connectivity index (χ3n) is 5.92. The maximum atomic E-state index is 12.9. The number of likely N-dealkylation sites (tertiary alicyclic amines) is 1. The minimum Gasteiger partial charge on any atom is -0.341 e. The van der Waals surface area contributed by atoms with Crippen LogP contribution in [-0.4, -0.2) is 52.4 Å². The zero-order chi connectivity index (χ0) is 14.4. The lowest BCUT2D eigenvalue weighted by atomic mass is 9.87. The van der Waals surface area contributed by atoms with Crippen LogP contribution in [0.3, 0.4) is 0 Å². The molecule has 4 aliphatic rings. The van der Waals surface area contributed by atoms with Crippen LogP contribution in [0.15, 0.2) is 0 Å². The molecule has 0 spiro atoms. The Hall–Kier alpha value is -0.710. The zero-order valence-electron chi connectivity index (χ0n) is 12.5. The van der Waals surface area contributed by atoms with E-state index in [9.17, 15) is 9.59 Å². The van der Waals surface area contributed by atoms with E-state index in [-0.39, 0.29) is 23.8 Å². The predicted molar refractivity (Wildman–Crippen MR) is 82.7 cm³/mol. The number of hydrogen-bond acceptors (Lipinski definition) is 3. The van der Waals surface area contributed by atoms with Gasteiger partial charge in [0.15, 0.2) is 0 Å². The number of amides is 2. The molecule has 2 bridgehead atoms. The van der Waals surface area contributed by atoms with E-state index in [1.807, 2.05) is 9.80 Å². The molecule has 2 aliphatic carbocycles. The summed E-state index contributed by atoms with van der Waals surface area (Å²) in [7, 11) is 0. The first-order valence-corrected chi connectivity index (χ1v) is 9.56. The van der Waals surface area contributed by atoms with Gasteiger partial charge in [-0.15, -0.1) is 11.8 Å². The number of thioether (sulfide) groups is 1. The zero-order valence-corrected chi connectivity index (χ0v) is 13.3. The van der Waals surface area contributed by atoms with Crippen LogP contribution in [-0.2, 0) is 9.59 Å². The van der Waals surface area contributed by atoms with Crippen molar-refractivity contribution in [2.24, 2.45) is 17.8 Å². The van der Waals surface area contributed by atoms with Crippen LogP contribution >= 0.6 is 11.8 Å². The molecule has 0 aromatic heterocycles. The summed E-state index contributed by atoms with van der Waals surface area (Å²) < 4.78 is 0. The Balaban J connectivity index is 1.45. The van der Waals surface area contributed by atoms with Gasteiger partial charge in [0.25, 0.3) is 0 Å². The molecule has 0 aromatic rings. The average molecular weight is 308 g/mol. The van der Waals surface area contributed by atoms with Crippen LogP contribution < -0.4 is 0 Å². The Morgan fingerprint density at radius 1 is 1.00 bits per heavy atom. The average Bonchev–Trinajstić information content (AvgIpc) is 3.29. The Kier molecular flexibility index (Phi) is 3.64. The summed E-state index contributed by atoms with van der Waals surface area (Å²) in [5.74, 6) is 3.61. The minimum absolute atomic E-state index is 0.181. The first kappa shape index (κ1) is 13.9. The molecule has 0 aromatic carbocycles.